The largest absolute Gasteiger partial charge is 0.494 e. The van der Waals surface area contributed by atoms with Crippen molar-refractivity contribution in [2.24, 2.45) is 0 Å². The number of hydrogen-bond acceptors (Lipinski definition) is 4. The van der Waals surface area contributed by atoms with Crippen LogP contribution in [0.5, 0.6) is 5.75 Å². The molecule has 0 unspecified atom stereocenters. The molecule has 2 aromatic rings. The fraction of sp³-hybridized carbons (Fsp3) is 0.250. The van der Waals surface area contributed by atoms with E-state index in [1.165, 1.54) is 19.2 Å². The van der Waals surface area contributed by atoms with Crippen molar-refractivity contribution in [2.45, 2.75) is 26.2 Å². The number of benzene rings is 2. The predicted molar refractivity (Wildman–Crippen MR) is 121 cm³/mol. The zero-order valence-electron chi connectivity index (χ0n) is 16.0. The molecule has 6 nitrogen and oxygen atoms in total. The molecule has 0 atom stereocenters. The zero-order chi connectivity index (χ0) is 21.4. The van der Waals surface area contributed by atoms with E-state index in [4.69, 9.17) is 40.2 Å². The molecule has 29 heavy (non-hydrogen) atoms. The molecule has 2 amide bonds. The molecule has 0 spiro atoms. The molecule has 0 bridgehead atoms. The fourth-order valence-corrected chi connectivity index (χ4v) is 2.91. The number of unbranched alkanes of at least 4 members (excludes halogenated alkanes) is 1. The monoisotopic (exact) mass is 453 g/mol. The number of anilines is 2. The van der Waals surface area contributed by atoms with Crippen molar-refractivity contribution in [2.75, 3.05) is 17.7 Å². The lowest BCUT2D eigenvalue weighted by Crippen LogP contribution is -2.34. The number of thiocarbonyl (C=S) groups is 1. The summed E-state index contributed by atoms with van der Waals surface area (Å²) in [6.45, 7) is 2.03. The first-order chi connectivity index (χ1) is 13.8. The Labute approximate surface area is 184 Å². The Morgan fingerprint density at radius 3 is 2.48 bits per heavy atom. The molecular weight excluding hydrogens is 433 g/mol. The minimum Gasteiger partial charge on any atom is -0.494 e. The van der Waals surface area contributed by atoms with Crippen LogP contribution in [0.2, 0.25) is 10.0 Å². The van der Waals surface area contributed by atoms with Gasteiger partial charge in [0.05, 0.1) is 22.8 Å². The number of nitrogens with one attached hydrogen (secondary N) is 3. The van der Waals surface area contributed by atoms with E-state index in [0.29, 0.717) is 34.1 Å². The quantitative estimate of drug-likeness (QED) is 0.498. The Morgan fingerprint density at radius 2 is 1.83 bits per heavy atom. The highest BCUT2D eigenvalue weighted by molar-refractivity contribution is 7.80. The van der Waals surface area contributed by atoms with E-state index in [0.717, 1.165) is 12.8 Å². The molecule has 2 aromatic carbocycles. The van der Waals surface area contributed by atoms with Crippen molar-refractivity contribution in [3.05, 3.63) is 52.0 Å². The fourth-order valence-electron chi connectivity index (χ4n) is 2.40. The molecular formula is C20H21Cl2N3O3S. The smallest absolute Gasteiger partial charge is 0.257 e. The molecule has 0 aromatic heterocycles. The summed E-state index contributed by atoms with van der Waals surface area (Å²) >= 11 is 17.0. The van der Waals surface area contributed by atoms with Crippen LogP contribution >= 0.6 is 35.4 Å². The lowest BCUT2D eigenvalue weighted by Gasteiger charge is -2.14. The van der Waals surface area contributed by atoms with Crippen LogP contribution in [0, 0.1) is 0 Å². The van der Waals surface area contributed by atoms with E-state index in [1.54, 1.807) is 24.3 Å². The number of carbonyl (C=O) groups is 2. The summed E-state index contributed by atoms with van der Waals surface area (Å²) in [5, 5.41) is 9.03. The Kier molecular flexibility index (Phi) is 8.70. The molecule has 0 fully saturated rings. The van der Waals surface area contributed by atoms with Crippen LogP contribution < -0.4 is 20.7 Å². The number of halogens is 2. The van der Waals surface area contributed by atoms with Crippen LogP contribution in [0.15, 0.2) is 36.4 Å². The number of ether oxygens (including phenoxy) is 1. The van der Waals surface area contributed by atoms with Crippen molar-refractivity contribution in [1.29, 1.82) is 0 Å². The Balaban J connectivity index is 2.01. The van der Waals surface area contributed by atoms with Gasteiger partial charge in [0, 0.05) is 23.7 Å². The van der Waals surface area contributed by atoms with Gasteiger partial charge in [0.25, 0.3) is 5.91 Å². The van der Waals surface area contributed by atoms with Gasteiger partial charge in [-0.3, -0.25) is 14.9 Å². The van der Waals surface area contributed by atoms with E-state index in [9.17, 15) is 9.59 Å². The van der Waals surface area contributed by atoms with Gasteiger partial charge in [-0.1, -0.05) is 36.5 Å². The molecule has 0 saturated carbocycles. The van der Waals surface area contributed by atoms with Crippen LogP contribution in [0.1, 0.15) is 36.5 Å². The number of carbonyl (C=O) groups excluding carboxylic acids is 2. The number of hydrogen-bond donors (Lipinski definition) is 3. The highest BCUT2D eigenvalue weighted by Gasteiger charge is 2.12. The van der Waals surface area contributed by atoms with Crippen LogP contribution in [0.3, 0.4) is 0 Å². The topological polar surface area (TPSA) is 79.5 Å². The van der Waals surface area contributed by atoms with Crippen molar-refractivity contribution in [3.63, 3.8) is 0 Å². The van der Waals surface area contributed by atoms with Crippen molar-refractivity contribution >= 4 is 63.7 Å². The maximum atomic E-state index is 12.3. The molecule has 0 aliphatic rings. The first kappa shape index (κ1) is 22.9. The normalized spacial score (nSPS) is 10.2. The molecule has 3 N–H and O–H groups in total. The summed E-state index contributed by atoms with van der Waals surface area (Å²) < 4.78 is 5.34. The highest BCUT2D eigenvalue weighted by atomic mass is 35.5. The van der Waals surface area contributed by atoms with Gasteiger partial charge in [-0.2, -0.15) is 0 Å². The van der Waals surface area contributed by atoms with E-state index in [-0.39, 0.29) is 16.0 Å². The highest BCUT2D eigenvalue weighted by Crippen LogP contribution is 2.28. The SMILES string of the molecule is CCCCC(=O)Nc1ccc(NC(=S)NC(=O)c2ccc(Cl)c(Cl)c2)cc1OC. The average Bonchev–Trinajstić information content (AvgIpc) is 2.69. The van der Waals surface area contributed by atoms with Gasteiger partial charge in [0.2, 0.25) is 5.91 Å². The number of methoxy groups -OCH3 is 1. The van der Waals surface area contributed by atoms with E-state index < -0.39 is 5.91 Å². The molecule has 2 rings (SSSR count). The molecule has 0 aliphatic carbocycles. The van der Waals surface area contributed by atoms with Crippen LogP contribution in [0.25, 0.3) is 0 Å². The summed E-state index contributed by atoms with van der Waals surface area (Å²) in [6, 6.07) is 9.64. The predicted octanol–water partition coefficient (Wildman–Crippen LogP) is 5.26. The first-order valence-electron chi connectivity index (χ1n) is 8.89. The summed E-state index contributed by atoms with van der Waals surface area (Å²) in [5.74, 6) is -0.0263. The second-order valence-electron chi connectivity index (χ2n) is 6.10. The standard InChI is InChI=1S/C20H21Cl2N3O3S/c1-3-4-5-18(26)24-16-9-7-13(11-17(16)28-2)23-20(29)25-19(27)12-6-8-14(21)15(22)10-12/h6-11H,3-5H2,1-2H3,(H,24,26)(H2,23,25,27,29). The van der Waals surface area contributed by atoms with Gasteiger partial charge in [-0.15, -0.1) is 0 Å². The van der Waals surface area contributed by atoms with E-state index in [2.05, 4.69) is 16.0 Å². The second kappa shape index (κ2) is 11.0. The average molecular weight is 454 g/mol. The van der Waals surface area contributed by atoms with Crippen molar-refractivity contribution in [3.8, 4) is 5.75 Å². The summed E-state index contributed by atoms with van der Waals surface area (Å²) in [7, 11) is 1.51. The van der Waals surface area contributed by atoms with Crippen molar-refractivity contribution in [1.82, 2.24) is 5.32 Å². The van der Waals surface area contributed by atoms with Crippen molar-refractivity contribution < 1.29 is 14.3 Å². The number of amides is 2. The Bertz CT molecular complexity index is 922. The van der Waals surface area contributed by atoms with Crippen LogP contribution in [0.4, 0.5) is 11.4 Å². The molecule has 0 aliphatic heterocycles. The molecule has 154 valence electrons. The van der Waals surface area contributed by atoms with Gasteiger partial charge < -0.3 is 15.4 Å². The molecule has 0 heterocycles. The summed E-state index contributed by atoms with van der Waals surface area (Å²) in [5.41, 5.74) is 1.48. The lowest BCUT2D eigenvalue weighted by molar-refractivity contribution is -0.116. The maximum Gasteiger partial charge on any atom is 0.257 e. The van der Waals surface area contributed by atoms with Gasteiger partial charge >= 0.3 is 0 Å². The van der Waals surface area contributed by atoms with Crippen LogP contribution in [-0.2, 0) is 4.79 Å². The Morgan fingerprint density at radius 1 is 1.07 bits per heavy atom. The van der Waals surface area contributed by atoms with Gasteiger partial charge in [-0.25, -0.2) is 0 Å². The third kappa shape index (κ3) is 6.88. The Hall–Kier alpha value is -2.35. The third-order valence-electron chi connectivity index (χ3n) is 3.90. The third-order valence-corrected chi connectivity index (χ3v) is 4.84. The first-order valence-corrected chi connectivity index (χ1v) is 10.1. The summed E-state index contributed by atoms with van der Waals surface area (Å²) in [6.07, 6.45) is 2.21. The molecule has 0 radical (unpaired) electrons. The van der Waals surface area contributed by atoms with E-state index in [1.807, 2.05) is 6.92 Å². The second-order valence-corrected chi connectivity index (χ2v) is 7.33. The van der Waals surface area contributed by atoms with Gasteiger partial charge in [-0.05, 0) is 49.0 Å². The molecule has 9 heteroatoms. The zero-order valence-corrected chi connectivity index (χ0v) is 18.3. The maximum absolute atomic E-state index is 12.3. The summed E-state index contributed by atoms with van der Waals surface area (Å²) in [4.78, 5) is 24.2. The van der Waals surface area contributed by atoms with Crippen LogP contribution in [-0.4, -0.2) is 24.0 Å². The minimum atomic E-state index is -0.423. The molecule has 0 saturated heterocycles. The lowest BCUT2D eigenvalue weighted by atomic mass is 10.2. The van der Waals surface area contributed by atoms with Gasteiger partial charge in [0.1, 0.15) is 5.75 Å². The van der Waals surface area contributed by atoms with E-state index >= 15 is 0 Å². The van der Waals surface area contributed by atoms with Gasteiger partial charge in [0.15, 0.2) is 5.11 Å². The number of rotatable bonds is 7. The minimum absolute atomic E-state index is 0.0738.